The molecule has 2 aromatic rings. The monoisotopic (exact) mass is 442 g/mol. The van der Waals surface area contributed by atoms with Gasteiger partial charge in [0.25, 0.3) is 5.91 Å². The van der Waals surface area contributed by atoms with Crippen molar-refractivity contribution in [3.8, 4) is 11.8 Å². The number of nitriles is 1. The van der Waals surface area contributed by atoms with Crippen molar-refractivity contribution in [1.82, 2.24) is 5.32 Å². The predicted molar refractivity (Wildman–Crippen MR) is 110 cm³/mol. The molecular weight excluding hydrogens is 420 g/mol. The van der Waals surface area contributed by atoms with Gasteiger partial charge in [-0.3, -0.25) is 4.79 Å². The SMILES string of the molecule is N#CCc1ccc(OCC(=O)NCC2(c3cccc(Br)c3)CCOCC2)cc1. The molecule has 28 heavy (non-hydrogen) atoms. The minimum Gasteiger partial charge on any atom is -0.484 e. The van der Waals surface area contributed by atoms with Crippen LogP contribution in [0.25, 0.3) is 0 Å². The number of benzene rings is 2. The number of hydrogen-bond acceptors (Lipinski definition) is 4. The Labute approximate surface area is 173 Å². The first-order valence-corrected chi connectivity index (χ1v) is 10.1. The van der Waals surface area contributed by atoms with Gasteiger partial charge in [0.1, 0.15) is 5.75 Å². The van der Waals surface area contributed by atoms with E-state index >= 15 is 0 Å². The maximum absolute atomic E-state index is 12.3. The van der Waals surface area contributed by atoms with E-state index < -0.39 is 0 Å². The van der Waals surface area contributed by atoms with Gasteiger partial charge in [-0.05, 0) is 48.2 Å². The lowest BCUT2D eigenvalue weighted by molar-refractivity contribution is -0.123. The Hall–Kier alpha value is -2.36. The molecule has 0 radical (unpaired) electrons. The third-order valence-electron chi connectivity index (χ3n) is 5.09. The molecule has 2 aromatic carbocycles. The summed E-state index contributed by atoms with van der Waals surface area (Å²) in [6.07, 6.45) is 2.10. The van der Waals surface area contributed by atoms with Crippen LogP contribution in [-0.4, -0.2) is 32.3 Å². The smallest absolute Gasteiger partial charge is 0.257 e. The van der Waals surface area contributed by atoms with Crippen LogP contribution in [0.5, 0.6) is 5.75 Å². The molecule has 6 heteroatoms. The van der Waals surface area contributed by atoms with Gasteiger partial charge < -0.3 is 14.8 Å². The number of rotatable bonds is 7. The van der Waals surface area contributed by atoms with Crippen LogP contribution in [0.4, 0.5) is 0 Å². The summed E-state index contributed by atoms with van der Waals surface area (Å²) in [5.41, 5.74) is 2.01. The van der Waals surface area contributed by atoms with Gasteiger partial charge in [-0.2, -0.15) is 5.26 Å². The summed E-state index contributed by atoms with van der Waals surface area (Å²) in [5.74, 6) is 0.464. The molecule has 1 N–H and O–H groups in total. The van der Waals surface area contributed by atoms with E-state index in [4.69, 9.17) is 14.7 Å². The molecule has 146 valence electrons. The van der Waals surface area contributed by atoms with Crippen LogP contribution in [0.15, 0.2) is 53.0 Å². The van der Waals surface area contributed by atoms with Crippen LogP contribution in [0.2, 0.25) is 0 Å². The molecule has 0 saturated carbocycles. The summed E-state index contributed by atoms with van der Waals surface area (Å²) in [6, 6.07) is 17.6. The minimum atomic E-state index is -0.151. The molecule has 1 aliphatic heterocycles. The van der Waals surface area contributed by atoms with Crippen LogP contribution in [0.3, 0.4) is 0 Å². The fraction of sp³-hybridized carbons (Fsp3) is 0.364. The zero-order chi connectivity index (χ0) is 19.8. The number of ether oxygens (including phenoxy) is 2. The minimum absolute atomic E-state index is 0.0390. The largest absolute Gasteiger partial charge is 0.484 e. The Kier molecular flexibility index (Phi) is 7.07. The molecule has 0 bridgehead atoms. The van der Waals surface area contributed by atoms with E-state index in [1.165, 1.54) is 5.56 Å². The summed E-state index contributed by atoms with van der Waals surface area (Å²) < 4.78 is 12.2. The van der Waals surface area contributed by atoms with Crippen LogP contribution in [0.1, 0.15) is 24.0 Å². The van der Waals surface area contributed by atoms with Crippen molar-refractivity contribution >= 4 is 21.8 Å². The highest BCUT2D eigenvalue weighted by Gasteiger charge is 2.35. The van der Waals surface area contributed by atoms with Gasteiger partial charge in [0.15, 0.2) is 6.61 Å². The second kappa shape index (κ2) is 9.72. The maximum Gasteiger partial charge on any atom is 0.257 e. The Morgan fingerprint density at radius 3 is 2.64 bits per heavy atom. The summed E-state index contributed by atoms with van der Waals surface area (Å²) in [4.78, 5) is 12.3. The topological polar surface area (TPSA) is 71.3 Å². The van der Waals surface area contributed by atoms with Crippen molar-refractivity contribution in [1.29, 1.82) is 5.26 Å². The molecule has 0 aromatic heterocycles. The molecule has 1 saturated heterocycles. The number of amides is 1. The normalized spacial score (nSPS) is 15.4. The summed E-state index contributed by atoms with van der Waals surface area (Å²) in [6.45, 7) is 1.89. The first-order chi connectivity index (χ1) is 13.6. The van der Waals surface area contributed by atoms with E-state index in [0.29, 0.717) is 31.9 Å². The number of halogens is 1. The van der Waals surface area contributed by atoms with Crippen LogP contribution in [-0.2, 0) is 21.4 Å². The van der Waals surface area contributed by atoms with Gasteiger partial charge in [-0.15, -0.1) is 0 Å². The highest BCUT2D eigenvalue weighted by molar-refractivity contribution is 9.10. The van der Waals surface area contributed by atoms with Crippen LogP contribution < -0.4 is 10.1 Å². The quantitative estimate of drug-likeness (QED) is 0.708. The van der Waals surface area contributed by atoms with E-state index in [-0.39, 0.29) is 17.9 Å². The maximum atomic E-state index is 12.3. The molecule has 0 spiro atoms. The van der Waals surface area contributed by atoms with E-state index in [9.17, 15) is 4.79 Å². The highest BCUT2D eigenvalue weighted by Crippen LogP contribution is 2.35. The van der Waals surface area contributed by atoms with Gasteiger partial charge in [0.2, 0.25) is 0 Å². The molecule has 1 fully saturated rings. The molecule has 5 nitrogen and oxygen atoms in total. The third-order valence-corrected chi connectivity index (χ3v) is 5.58. The first kappa shape index (κ1) is 20.4. The van der Waals surface area contributed by atoms with Crippen molar-refractivity contribution < 1.29 is 14.3 Å². The standard InChI is InChI=1S/C22H23BrN2O3/c23-19-3-1-2-18(14-19)22(9-12-27-13-10-22)16-25-21(26)15-28-20-6-4-17(5-7-20)8-11-24/h1-7,14H,8-10,12-13,15-16H2,(H,25,26). The van der Waals surface area contributed by atoms with Crippen molar-refractivity contribution in [3.63, 3.8) is 0 Å². The van der Waals surface area contributed by atoms with E-state index in [1.54, 1.807) is 12.1 Å². The second-order valence-electron chi connectivity index (χ2n) is 6.95. The molecule has 1 amide bonds. The lowest BCUT2D eigenvalue weighted by Crippen LogP contribution is -2.45. The number of nitrogens with one attached hydrogen (secondary N) is 1. The van der Waals surface area contributed by atoms with Gasteiger partial charge in [-0.1, -0.05) is 40.2 Å². The number of carbonyl (C=O) groups is 1. The van der Waals surface area contributed by atoms with Crippen LogP contribution >= 0.6 is 15.9 Å². The Morgan fingerprint density at radius 2 is 1.96 bits per heavy atom. The number of carbonyl (C=O) groups excluding carboxylic acids is 1. The molecule has 0 aliphatic carbocycles. The van der Waals surface area contributed by atoms with Crippen molar-refractivity contribution in [2.45, 2.75) is 24.7 Å². The van der Waals surface area contributed by atoms with Gasteiger partial charge in [0.05, 0.1) is 12.5 Å². The van der Waals surface area contributed by atoms with Crippen molar-refractivity contribution in [3.05, 3.63) is 64.1 Å². The van der Waals surface area contributed by atoms with Crippen molar-refractivity contribution in [2.24, 2.45) is 0 Å². The van der Waals surface area contributed by atoms with E-state index in [0.717, 1.165) is 22.9 Å². The average Bonchev–Trinajstić information content (AvgIpc) is 2.73. The fourth-order valence-electron chi connectivity index (χ4n) is 3.41. The average molecular weight is 443 g/mol. The fourth-order valence-corrected chi connectivity index (χ4v) is 3.81. The summed E-state index contributed by atoms with van der Waals surface area (Å²) >= 11 is 3.54. The van der Waals surface area contributed by atoms with Crippen LogP contribution in [0, 0.1) is 11.3 Å². The molecule has 1 aliphatic rings. The number of nitrogens with zero attached hydrogens (tertiary/aromatic N) is 1. The Morgan fingerprint density at radius 1 is 1.21 bits per heavy atom. The van der Waals surface area contributed by atoms with Crippen molar-refractivity contribution in [2.75, 3.05) is 26.4 Å². The lowest BCUT2D eigenvalue weighted by atomic mass is 9.74. The summed E-state index contributed by atoms with van der Waals surface area (Å²) in [7, 11) is 0. The Balaban J connectivity index is 1.57. The zero-order valence-corrected chi connectivity index (χ0v) is 17.2. The zero-order valence-electron chi connectivity index (χ0n) is 15.6. The van der Waals surface area contributed by atoms with Gasteiger partial charge >= 0.3 is 0 Å². The molecule has 0 unspecified atom stereocenters. The lowest BCUT2D eigenvalue weighted by Gasteiger charge is -2.38. The highest BCUT2D eigenvalue weighted by atomic mass is 79.9. The Bertz CT molecular complexity index is 840. The molecule has 1 heterocycles. The first-order valence-electron chi connectivity index (χ1n) is 9.30. The molecule has 0 atom stereocenters. The van der Waals surface area contributed by atoms with E-state index in [2.05, 4.69) is 39.4 Å². The second-order valence-corrected chi connectivity index (χ2v) is 7.86. The number of hydrogen-bond donors (Lipinski definition) is 1. The third kappa shape index (κ3) is 5.34. The van der Waals surface area contributed by atoms with E-state index in [1.807, 2.05) is 24.3 Å². The molecule has 3 rings (SSSR count). The van der Waals surface area contributed by atoms with Gasteiger partial charge in [0, 0.05) is 29.6 Å². The summed E-state index contributed by atoms with van der Waals surface area (Å²) in [5, 5.41) is 11.7. The predicted octanol–water partition coefficient (Wildman–Crippen LogP) is 3.76. The van der Waals surface area contributed by atoms with Gasteiger partial charge in [-0.25, -0.2) is 0 Å². The molecular formula is C22H23BrN2O3.